The third-order valence-electron chi connectivity index (χ3n) is 4.86. The van der Waals surface area contributed by atoms with Gasteiger partial charge in [-0.05, 0) is 57.9 Å². The van der Waals surface area contributed by atoms with Gasteiger partial charge in [0.05, 0.1) is 0 Å². The zero-order valence-corrected chi connectivity index (χ0v) is 18.5. The van der Waals surface area contributed by atoms with Crippen LogP contribution in [0.2, 0.25) is 0 Å². The average Bonchev–Trinajstić information content (AvgIpc) is 2.98. The number of hydrogen-bond donors (Lipinski definition) is 1. The van der Waals surface area contributed by atoms with Gasteiger partial charge in [0.25, 0.3) is 0 Å². The SMILES string of the molecule is CC(C)(C)OC(=O)N1[C@@H](c2ccc(OCc3ccccc3)cc2)C(C(=O)O)OC1(C)C. The summed E-state index contributed by atoms with van der Waals surface area (Å²) in [5.41, 5.74) is -0.220. The molecule has 0 aliphatic carbocycles. The number of amides is 1. The van der Waals surface area contributed by atoms with Gasteiger partial charge in [-0.2, -0.15) is 0 Å². The Kier molecular flexibility index (Phi) is 6.27. The van der Waals surface area contributed by atoms with E-state index in [1.807, 2.05) is 30.3 Å². The summed E-state index contributed by atoms with van der Waals surface area (Å²) in [6.45, 7) is 9.02. The normalized spacial score (nSPS) is 20.4. The number of hydrogen-bond acceptors (Lipinski definition) is 5. The van der Waals surface area contributed by atoms with E-state index in [0.717, 1.165) is 5.56 Å². The lowest BCUT2D eigenvalue weighted by Gasteiger charge is -2.35. The molecule has 1 amide bonds. The fourth-order valence-corrected chi connectivity index (χ4v) is 3.56. The quantitative estimate of drug-likeness (QED) is 0.740. The van der Waals surface area contributed by atoms with E-state index in [4.69, 9.17) is 14.2 Å². The monoisotopic (exact) mass is 427 g/mol. The molecule has 1 heterocycles. The maximum Gasteiger partial charge on any atom is 0.413 e. The summed E-state index contributed by atoms with van der Waals surface area (Å²) in [5.74, 6) is -0.505. The van der Waals surface area contributed by atoms with Crippen molar-refractivity contribution >= 4 is 12.1 Å². The molecule has 1 aliphatic rings. The van der Waals surface area contributed by atoms with E-state index in [-0.39, 0.29) is 0 Å². The number of aliphatic carboxylic acids is 1. The topological polar surface area (TPSA) is 85.3 Å². The highest BCUT2D eigenvalue weighted by Gasteiger charge is 2.54. The van der Waals surface area contributed by atoms with Crippen molar-refractivity contribution in [1.82, 2.24) is 4.90 Å². The highest BCUT2D eigenvalue weighted by atomic mass is 16.6. The summed E-state index contributed by atoms with van der Waals surface area (Å²) in [6, 6.07) is 16.0. The van der Waals surface area contributed by atoms with E-state index in [0.29, 0.717) is 17.9 Å². The van der Waals surface area contributed by atoms with Crippen LogP contribution < -0.4 is 4.74 Å². The van der Waals surface area contributed by atoms with E-state index in [9.17, 15) is 14.7 Å². The minimum atomic E-state index is -1.22. The van der Waals surface area contributed by atoms with Gasteiger partial charge in [0.15, 0.2) is 6.10 Å². The van der Waals surface area contributed by atoms with Gasteiger partial charge in [0.2, 0.25) is 0 Å². The van der Waals surface area contributed by atoms with Crippen LogP contribution in [0.5, 0.6) is 5.75 Å². The molecule has 0 aromatic heterocycles. The van der Waals surface area contributed by atoms with Crippen molar-refractivity contribution < 1.29 is 28.9 Å². The summed E-state index contributed by atoms with van der Waals surface area (Å²) < 4.78 is 17.1. The number of nitrogens with zero attached hydrogens (tertiary/aromatic N) is 1. The van der Waals surface area contributed by atoms with Gasteiger partial charge >= 0.3 is 12.1 Å². The van der Waals surface area contributed by atoms with Crippen molar-refractivity contribution in [1.29, 1.82) is 0 Å². The van der Waals surface area contributed by atoms with E-state index < -0.39 is 35.5 Å². The molecule has 7 heteroatoms. The standard InChI is InChI=1S/C24H29NO6/c1-23(2,3)31-22(28)25-19(20(21(26)27)30-24(25,4)5)17-11-13-18(14-12-17)29-15-16-9-7-6-8-10-16/h6-14,19-20H,15H2,1-5H3,(H,26,27)/t19-,20?/m0/s1. The van der Waals surface area contributed by atoms with Gasteiger partial charge in [0, 0.05) is 0 Å². The van der Waals surface area contributed by atoms with Gasteiger partial charge in [-0.25, -0.2) is 9.59 Å². The van der Waals surface area contributed by atoms with Crippen molar-refractivity contribution in [2.24, 2.45) is 0 Å². The Bertz CT molecular complexity index is 917. The van der Waals surface area contributed by atoms with Crippen molar-refractivity contribution in [3.05, 3.63) is 65.7 Å². The van der Waals surface area contributed by atoms with Crippen LogP contribution in [-0.2, 0) is 20.9 Å². The van der Waals surface area contributed by atoms with E-state index in [2.05, 4.69) is 0 Å². The van der Waals surface area contributed by atoms with Crippen LogP contribution in [0, 0.1) is 0 Å². The summed E-state index contributed by atoms with van der Waals surface area (Å²) in [5, 5.41) is 9.75. The van der Waals surface area contributed by atoms with Crippen LogP contribution in [0.25, 0.3) is 0 Å². The van der Waals surface area contributed by atoms with Crippen LogP contribution in [0.3, 0.4) is 0 Å². The third kappa shape index (κ3) is 5.35. The molecule has 0 radical (unpaired) electrons. The Morgan fingerprint density at radius 2 is 1.68 bits per heavy atom. The largest absolute Gasteiger partial charge is 0.489 e. The molecule has 2 atom stereocenters. The molecule has 7 nitrogen and oxygen atoms in total. The summed E-state index contributed by atoms with van der Waals surface area (Å²) in [4.78, 5) is 26.2. The number of carboxylic acid groups (broad SMARTS) is 1. The molecule has 3 rings (SSSR count). The van der Waals surface area contributed by atoms with Gasteiger partial charge < -0.3 is 19.3 Å². The Morgan fingerprint density at radius 1 is 1.06 bits per heavy atom. The lowest BCUT2D eigenvalue weighted by Crippen LogP contribution is -2.47. The molecular weight excluding hydrogens is 398 g/mol. The number of benzene rings is 2. The third-order valence-corrected chi connectivity index (χ3v) is 4.86. The van der Waals surface area contributed by atoms with Gasteiger partial charge in [-0.1, -0.05) is 42.5 Å². The predicted molar refractivity (Wildman–Crippen MR) is 115 cm³/mol. The van der Waals surface area contributed by atoms with Crippen LogP contribution in [0.15, 0.2) is 54.6 Å². The van der Waals surface area contributed by atoms with Gasteiger partial charge in [0.1, 0.15) is 29.7 Å². The first kappa shape index (κ1) is 22.6. The second kappa shape index (κ2) is 8.59. The fourth-order valence-electron chi connectivity index (χ4n) is 3.56. The first-order chi connectivity index (χ1) is 14.5. The van der Waals surface area contributed by atoms with E-state index in [1.54, 1.807) is 58.9 Å². The first-order valence-electron chi connectivity index (χ1n) is 10.2. The maximum atomic E-state index is 13.0. The number of carboxylic acids is 1. The minimum Gasteiger partial charge on any atom is -0.489 e. The second-order valence-corrected chi connectivity index (χ2v) is 8.96. The lowest BCUT2D eigenvalue weighted by molar-refractivity contribution is -0.155. The molecule has 1 N–H and O–H groups in total. The Hall–Kier alpha value is -3.06. The molecule has 2 aromatic carbocycles. The highest BCUT2D eigenvalue weighted by Crippen LogP contribution is 2.43. The number of rotatable bonds is 5. The minimum absolute atomic E-state index is 0.418. The predicted octanol–water partition coefficient (Wildman–Crippen LogP) is 4.76. The van der Waals surface area contributed by atoms with Gasteiger partial charge in [-0.3, -0.25) is 4.90 Å². The van der Waals surface area contributed by atoms with Crippen LogP contribution in [0.1, 0.15) is 51.8 Å². The molecule has 1 aliphatic heterocycles. The molecule has 166 valence electrons. The Labute approximate surface area is 182 Å². The second-order valence-electron chi connectivity index (χ2n) is 8.96. The van der Waals surface area contributed by atoms with Crippen molar-refractivity contribution in [3.8, 4) is 5.75 Å². The average molecular weight is 427 g/mol. The van der Waals surface area contributed by atoms with Crippen molar-refractivity contribution in [2.75, 3.05) is 0 Å². The molecule has 0 saturated carbocycles. The summed E-state index contributed by atoms with van der Waals surface area (Å²) in [6.07, 6.45) is -1.85. The van der Waals surface area contributed by atoms with Crippen molar-refractivity contribution in [2.45, 2.75) is 64.7 Å². The summed E-state index contributed by atoms with van der Waals surface area (Å²) >= 11 is 0. The van der Waals surface area contributed by atoms with Crippen LogP contribution in [-0.4, -0.2) is 39.5 Å². The number of carbonyl (C=O) groups is 2. The van der Waals surface area contributed by atoms with E-state index >= 15 is 0 Å². The molecule has 0 bridgehead atoms. The molecule has 2 aromatic rings. The van der Waals surface area contributed by atoms with Crippen LogP contribution >= 0.6 is 0 Å². The smallest absolute Gasteiger partial charge is 0.413 e. The number of carbonyl (C=O) groups excluding carboxylic acids is 1. The molecular formula is C24H29NO6. The molecule has 1 saturated heterocycles. The molecule has 1 unspecified atom stereocenters. The molecule has 31 heavy (non-hydrogen) atoms. The zero-order valence-electron chi connectivity index (χ0n) is 18.5. The lowest BCUT2D eigenvalue weighted by atomic mass is 10.00. The molecule has 1 fully saturated rings. The zero-order chi connectivity index (χ0) is 22.8. The first-order valence-corrected chi connectivity index (χ1v) is 10.2. The maximum absolute atomic E-state index is 13.0. The van der Waals surface area contributed by atoms with Gasteiger partial charge in [-0.15, -0.1) is 0 Å². The van der Waals surface area contributed by atoms with E-state index in [1.165, 1.54) is 4.90 Å². The fraction of sp³-hybridized carbons (Fsp3) is 0.417. The number of ether oxygens (including phenoxy) is 3. The van der Waals surface area contributed by atoms with Crippen LogP contribution in [0.4, 0.5) is 4.79 Å². The van der Waals surface area contributed by atoms with Crippen molar-refractivity contribution in [3.63, 3.8) is 0 Å². The Morgan fingerprint density at radius 3 is 2.23 bits per heavy atom. The molecule has 0 spiro atoms. The highest BCUT2D eigenvalue weighted by molar-refractivity contribution is 5.78. The Balaban J connectivity index is 1.85. The summed E-state index contributed by atoms with van der Waals surface area (Å²) in [7, 11) is 0.